The zero-order valence-corrected chi connectivity index (χ0v) is 9.85. The van der Waals surface area contributed by atoms with Gasteiger partial charge in [-0.05, 0) is 0 Å². The fourth-order valence-corrected chi connectivity index (χ4v) is 1.85. The van der Waals surface area contributed by atoms with Crippen LogP contribution in [0.2, 0.25) is 0 Å². The molecule has 0 amide bonds. The van der Waals surface area contributed by atoms with Crippen LogP contribution < -0.4 is 4.72 Å². The second-order valence-corrected chi connectivity index (χ2v) is 5.64. The fourth-order valence-electron chi connectivity index (χ4n) is 1.18. The Morgan fingerprint density at radius 2 is 1.59 bits per heavy atom. The van der Waals surface area contributed by atoms with Crippen LogP contribution in [-0.2, 0) is 10.0 Å². The van der Waals surface area contributed by atoms with Crippen LogP contribution in [0.1, 0.15) is 6.92 Å². The van der Waals surface area contributed by atoms with Crippen molar-refractivity contribution in [2.24, 2.45) is 5.41 Å². The molecule has 0 heterocycles. The Labute approximate surface area is 97.8 Å². The summed E-state index contributed by atoms with van der Waals surface area (Å²) in [4.78, 5) is 0. The molecule has 17 heavy (non-hydrogen) atoms. The Morgan fingerprint density at radius 3 is 2.00 bits per heavy atom. The third kappa shape index (κ3) is 3.71. The molecule has 96 valence electrons. The van der Waals surface area contributed by atoms with E-state index in [0.717, 1.165) is 0 Å². The fraction of sp³-hybridized carbons (Fsp3) is 0.400. The normalized spacial score (nSPS) is 19.3. The van der Waals surface area contributed by atoms with Crippen molar-refractivity contribution in [1.29, 1.82) is 0 Å². The van der Waals surface area contributed by atoms with Gasteiger partial charge in [0.05, 0.1) is 0 Å². The molecule has 3 nitrogen and oxygen atoms in total. The summed E-state index contributed by atoms with van der Waals surface area (Å²) in [5, 5.41) is 0. The molecule has 0 atom stereocenters. The number of halogens is 3. The molecule has 0 saturated carbocycles. The number of hydrogen-bond acceptors (Lipinski definition) is 2. The molecule has 1 aliphatic rings. The van der Waals surface area contributed by atoms with Crippen molar-refractivity contribution in [2.75, 3.05) is 6.54 Å². The highest BCUT2D eigenvalue weighted by molar-refractivity contribution is 7.90. The highest BCUT2D eigenvalue weighted by atomic mass is 32.2. The first kappa shape index (κ1) is 14.0. The van der Waals surface area contributed by atoms with Crippen molar-refractivity contribution >= 4 is 10.0 Å². The predicted octanol–water partition coefficient (Wildman–Crippen LogP) is 2.11. The molecular formula is C10H12F3NO2S. The van der Waals surface area contributed by atoms with Gasteiger partial charge in [0.1, 0.15) is 0 Å². The Hall–Kier alpha value is -1.08. The van der Waals surface area contributed by atoms with Crippen LogP contribution in [0, 0.1) is 5.41 Å². The molecule has 0 bridgehead atoms. The molecule has 0 aromatic heterocycles. The third-order valence-electron chi connectivity index (χ3n) is 2.24. The average Bonchev–Trinajstić information content (AvgIpc) is 2.40. The Bertz CT molecular complexity index is 444. The molecular weight excluding hydrogens is 255 g/mol. The van der Waals surface area contributed by atoms with Crippen molar-refractivity contribution in [3.63, 3.8) is 0 Å². The van der Waals surface area contributed by atoms with Crippen LogP contribution in [0.4, 0.5) is 13.2 Å². The quantitative estimate of drug-likeness (QED) is 0.851. The van der Waals surface area contributed by atoms with E-state index in [9.17, 15) is 21.6 Å². The van der Waals surface area contributed by atoms with Crippen LogP contribution >= 0.6 is 0 Å². The molecule has 0 aromatic rings. The monoisotopic (exact) mass is 267 g/mol. The summed E-state index contributed by atoms with van der Waals surface area (Å²) in [5.41, 5.74) is -6.05. The van der Waals surface area contributed by atoms with Crippen LogP contribution in [0.25, 0.3) is 0 Å². The van der Waals surface area contributed by atoms with Gasteiger partial charge in [-0.25, -0.2) is 13.1 Å². The standard InChI is InChI=1S/C10H12F3NO2S/c1-9(6-4-2-3-5-7-9)8-14-17(15,16)10(11,12)13/h2-7,14H,8H2,1H3. The molecule has 1 aliphatic carbocycles. The van der Waals surface area contributed by atoms with Gasteiger partial charge in [0, 0.05) is 12.0 Å². The van der Waals surface area contributed by atoms with Gasteiger partial charge in [0.25, 0.3) is 0 Å². The number of hydrogen-bond donors (Lipinski definition) is 1. The lowest BCUT2D eigenvalue weighted by molar-refractivity contribution is -0.0448. The lowest BCUT2D eigenvalue weighted by Gasteiger charge is -2.22. The van der Waals surface area contributed by atoms with Crippen molar-refractivity contribution in [2.45, 2.75) is 12.4 Å². The first-order valence-corrected chi connectivity index (χ1v) is 6.24. The molecule has 0 fully saturated rings. The van der Waals surface area contributed by atoms with E-state index in [2.05, 4.69) is 0 Å². The minimum Gasteiger partial charge on any atom is -0.206 e. The van der Waals surface area contributed by atoms with Crippen LogP contribution in [0.5, 0.6) is 0 Å². The number of rotatable bonds is 3. The highest BCUT2D eigenvalue weighted by Gasteiger charge is 2.46. The average molecular weight is 267 g/mol. The first-order chi connectivity index (χ1) is 7.66. The Kier molecular flexibility index (Phi) is 3.83. The van der Waals surface area contributed by atoms with Crippen LogP contribution in [0.3, 0.4) is 0 Å². The summed E-state index contributed by atoms with van der Waals surface area (Å²) in [6.45, 7) is 1.29. The summed E-state index contributed by atoms with van der Waals surface area (Å²) in [5.74, 6) is 0. The van der Waals surface area contributed by atoms with E-state index in [1.54, 1.807) is 48.1 Å². The predicted molar refractivity (Wildman–Crippen MR) is 58.5 cm³/mol. The van der Waals surface area contributed by atoms with Gasteiger partial charge in [0.15, 0.2) is 0 Å². The zero-order valence-electron chi connectivity index (χ0n) is 9.03. The molecule has 0 spiro atoms. The molecule has 1 N–H and O–H groups in total. The van der Waals surface area contributed by atoms with E-state index >= 15 is 0 Å². The minimum atomic E-state index is -5.29. The molecule has 1 rings (SSSR count). The van der Waals surface area contributed by atoms with E-state index in [1.165, 1.54) is 0 Å². The van der Waals surface area contributed by atoms with Crippen molar-refractivity contribution in [3.8, 4) is 0 Å². The van der Waals surface area contributed by atoms with Gasteiger partial charge in [0.2, 0.25) is 0 Å². The maximum Gasteiger partial charge on any atom is 0.511 e. The van der Waals surface area contributed by atoms with Crippen molar-refractivity contribution in [3.05, 3.63) is 36.5 Å². The maximum absolute atomic E-state index is 12.1. The second-order valence-electron chi connectivity index (χ2n) is 3.88. The minimum absolute atomic E-state index is 0.344. The van der Waals surface area contributed by atoms with E-state index < -0.39 is 20.9 Å². The molecule has 0 radical (unpaired) electrons. The number of nitrogens with one attached hydrogen (secondary N) is 1. The van der Waals surface area contributed by atoms with Crippen LogP contribution in [0.15, 0.2) is 36.5 Å². The number of sulfonamides is 1. The van der Waals surface area contributed by atoms with Crippen molar-refractivity contribution in [1.82, 2.24) is 4.72 Å². The van der Waals surface area contributed by atoms with Gasteiger partial charge in [-0.1, -0.05) is 43.4 Å². The summed E-state index contributed by atoms with van der Waals surface area (Å²) in [6, 6.07) is 0. The number of allylic oxidation sites excluding steroid dienone is 4. The topological polar surface area (TPSA) is 46.2 Å². The van der Waals surface area contributed by atoms with Crippen LogP contribution in [-0.4, -0.2) is 20.5 Å². The highest BCUT2D eigenvalue weighted by Crippen LogP contribution is 2.25. The SMILES string of the molecule is CC1(CNS(=O)(=O)C(F)(F)F)C=CC=CC=C1. The lowest BCUT2D eigenvalue weighted by atomic mass is 9.90. The van der Waals surface area contributed by atoms with E-state index in [4.69, 9.17) is 0 Å². The lowest BCUT2D eigenvalue weighted by Crippen LogP contribution is -2.41. The third-order valence-corrected chi connectivity index (χ3v) is 3.37. The summed E-state index contributed by atoms with van der Waals surface area (Å²) in [7, 11) is -5.29. The molecule has 0 unspecified atom stereocenters. The van der Waals surface area contributed by atoms with E-state index in [-0.39, 0.29) is 6.54 Å². The van der Waals surface area contributed by atoms with Gasteiger partial charge in [-0.15, -0.1) is 0 Å². The largest absolute Gasteiger partial charge is 0.511 e. The number of alkyl halides is 3. The summed E-state index contributed by atoms with van der Waals surface area (Å²) >= 11 is 0. The summed E-state index contributed by atoms with van der Waals surface area (Å²) in [6.07, 6.45) is 9.99. The molecule has 0 saturated heterocycles. The Balaban J connectivity index is 2.75. The molecule has 0 aromatic carbocycles. The maximum atomic E-state index is 12.1. The smallest absolute Gasteiger partial charge is 0.206 e. The van der Waals surface area contributed by atoms with Gasteiger partial charge >= 0.3 is 15.5 Å². The zero-order chi connectivity index (χ0) is 13.2. The van der Waals surface area contributed by atoms with Gasteiger partial charge in [-0.2, -0.15) is 13.2 Å². The molecule has 7 heteroatoms. The van der Waals surface area contributed by atoms with E-state index in [1.807, 2.05) is 0 Å². The van der Waals surface area contributed by atoms with Gasteiger partial charge in [-0.3, -0.25) is 0 Å². The van der Waals surface area contributed by atoms with Gasteiger partial charge < -0.3 is 0 Å². The summed E-state index contributed by atoms with van der Waals surface area (Å²) < 4.78 is 59.5. The Morgan fingerprint density at radius 1 is 1.12 bits per heavy atom. The van der Waals surface area contributed by atoms with Crippen molar-refractivity contribution < 1.29 is 21.6 Å². The first-order valence-electron chi connectivity index (χ1n) is 4.76. The molecule has 0 aliphatic heterocycles. The van der Waals surface area contributed by atoms with E-state index in [0.29, 0.717) is 0 Å². The second kappa shape index (κ2) is 4.66.